The summed E-state index contributed by atoms with van der Waals surface area (Å²) in [6.45, 7) is 0. The molecule has 0 fully saturated rings. The lowest BCUT2D eigenvalue weighted by Crippen LogP contribution is -2.74. The van der Waals surface area contributed by atoms with Crippen LogP contribution in [-0.2, 0) is 0 Å². The Bertz CT molecular complexity index is 3470. The Kier molecular flexibility index (Phi) is 12.3. The molecular weight excluding hydrogens is 905 g/mol. The third-order valence-electron chi connectivity index (χ3n) is 13.4. The number of nitrogens with zero attached hydrogens (tertiary/aromatic N) is 6. The van der Waals surface area contributed by atoms with Crippen LogP contribution in [-0.4, -0.2) is 38.0 Å². The molecule has 0 radical (unpaired) electrons. The Morgan fingerprint density at radius 3 is 0.726 bits per heavy atom. The third kappa shape index (κ3) is 8.86. The molecule has 10 aromatic carbocycles. The molecule has 0 spiro atoms. The summed E-state index contributed by atoms with van der Waals surface area (Å²) in [4.78, 5) is 30.7. The molecular formula is C66H46N6Si. The molecule has 0 atom stereocenters. The maximum absolute atomic E-state index is 5.18. The van der Waals surface area contributed by atoms with Crippen molar-refractivity contribution in [2.75, 3.05) is 0 Å². The van der Waals surface area contributed by atoms with E-state index in [0.717, 1.165) is 55.6 Å². The first-order valence-electron chi connectivity index (χ1n) is 24.4. The minimum atomic E-state index is -3.12. The van der Waals surface area contributed by atoms with Crippen LogP contribution in [0.1, 0.15) is 0 Å². The van der Waals surface area contributed by atoms with E-state index in [2.05, 4.69) is 158 Å². The Balaban J connectivity index is 1.04. The van der Waals surface area contributed by atoms with Gasteiger partial charge in [0, 0.05) is 33.4 Å². The fourth-order valence-corrected chi connectivity index (χ4v) is 14.8. The summed E-state index contributed by atoms with van der Waals surface area (Å²) in [6, 6.07) is 97.9. The molecule has 0 unspecified atom stereocenters. The molecule has 0 aliphatic heterocycles. The van der Waals surface area contributed by atoms with Crippen molar-refractivity contribution in [1.82, 2.24) is 29.9 Å². The maximum Gasteiger partial charge on any atom is 0.179 e. The second-order valence-corrected chi connectivity index (χ2v) is 21.6. The van der Waals surface area contributed by atoms with Crippen LogP contribution < -0.4 is 20.7 Å². The number of hydrogen-bond acceptors (Lipinski definition) is 6. The predicted molar refractivity (Wildman–Crippen MR) is 300 cm³/mol. The standard InChI is InChI=1S/C66H46N6Si/c1-7-25-47(26-8-1)61-67-62(48-27-9-2-10-28-48)70-65(69-61)59-43-21-19-41-57(59)51-33-23-39-55(45-51)73(53-35-15-5-16-36-53,54-37-17-6-18-38-54)56-40-24-34-52(46-56)58-42-20-22-44-60(58)66-71-63(49-29-11-3-12-30-49)68-64(72-66)50-31-13-4-14-32-50/h1-46H. The normalized spacial score (nSPS) is 11.3. The topological polar surface area (TPSA) is 77.3 Å². The van der Waals surface area contributed by atoms with Crippen molar-refractivity contribution in [3.05, 3.63) is 279 Å². The summed E-state index contributed by atoms with van der Waals surface area (Å²) in [5.41, 5.74) is 9.75. The molecule has 0 aliphatic carbocycles. The quantitative estimate of drug-likeness (QED) is 0.0897. The summed E-state index contributed by atoms with van der Waals surface area (Å²) < 4.78 is 0. The molecule has 0 saturated heterocycles. The van der Waals surface area contributed by atoms with Crippen LogP contribution in [0.2, 0.25) is 0 Å². The van der Waals surface area contributed by atoms with E-state index in [4.69, 9.17) is 29.9 Å². The molecule has 6 nitrogen and oxygen atoms in total. The van der Waals surface area contributed by atoms with Crippen molar-refractivity contribution in [2.24, 2.45) is 0 Å². The highest BCUT2D eigenvalue weighted by Crippen LogP contribution is 2.35. The summed E-state index contributed by atoms with van der Waals surface area (Å²) in [5.74, 6) is 3.71. The lowest BCUT2D eigenvalue weighted by atomic mass is 9.99. The van der Waals surface area contributed by atoms with Gasteiger partial charge in [-0.1, -0.05) is 279 Å². The lowest BCUT2D eigenvalue weighted by molar-refractivity contribution is 1.07. The first-order valence-corrected chi connectivity index (χ1v) is 26.4. The van der Waals surface area contributed by atoms with Gasteiger partial charge in [-0.3, -0.25) is 0 Å². The highest BCUT2D eigenvalue weighted by molar-refractivity contribution is 7.20. The summed E-state index contributed by atoms with van der Waals surface area (Å²) >= 11 is 0. The molecule has 12 rings (SSSR count). The Labute approximate surface area is 426 Å². The lowest BCUT2D eigenvalue weighted by Gasteiger charge is -2.35. The van der Waals surface area contributed by atoms with E-state index in [-0.39, 0.29) is 0 Å². The average Bonchev–Trinajstić information content (AvgIpc) is 3.49. The van der Waals surface area contributed by atoms with Gasteiger partial charge in [0.15, 0.2) is 43.0 Å². The highest BCUT2D eigenvalue weighted by atomic mass is 28.3. The highest BCUT2D eigenvalue weighted by Gasteiger charge is 2.42. The summed E-state index contributed by atoms with van der Waals surface area (Å²) in [6.07, 6.45) is 0. The van der Waals surface area contributed by atoms with Crippen LogP contribution >= 0.6 is 0 Å². The fraction of sp³-hybridized carbons (Fsp3) is 0. The van der Waals surface area contributed by atoms with Crippen molar-refractivity contribution < 1.29 is 0 Å². The first-order chi connectivity index (χ1) is 36.2. The largest absolute Gasteiger partial charge is 0.208 e. The molecule has 2 heterocycles. The Morgan fingerprint density at radius 2 is 0.411 bits per heavy atom. The van der Waals surface area contributed by atoms with Crippen LogP contribution in [0.4, 0.5) is 0 Å². The van der Waals surface area contributed by atoms with Gasteiger partial charge in [0.05, 0.1) is 0 Å². The van der Waals surface area contributed by atoms with Gasteiger partial charge in [-0.25, -0.2) is 29.9 Å². The molecule has 0 saturated carbocycles. The van der Waals surface area contributed by atoms with Gasteiger partial charge in [-0.2, -0.15) is 0 Å². The molecule has 7 heteroatoms. The van der Waals surface area contributed by atoms with E-state index in [1.807, 2.05) is 121 Å². The molecule has 12 aromatic rings. The zero-order valence-electron chi connectivity index (χ0n) is 39.7. The molecule has 73 heavy (non-hydrogen) atoms. The number of benzene rings is 10. The number of hydrogen-bond donors (Lipinski definition) is 0. The average molecular weight is 951 g/mol. The van der Waals surface area contributed by atoms with E-state index < -0.39 is 8.07 Å². The van der Waals surface area contributed by atoms with Crippen LogP contribution in [0, 0.1) is 0 Å². The van der Waals surface area contributed by atoms with Gasteiger partial charge < -0.3 is 0 Å². The molecule has 344 valence electrons. The van der Waals surface area contributed by atoms with E-state index in [1.54, 1.807) is 0 Å². The van der Waals surface area contributed by atoms with Gasteiger partial charge in [0.2, 0.25) is 0 Å². The third-order valence-corrected chi connectivity index (χ3v) is 18.1. The van der Waals surface area contributed by atoms with E-state index in [0.29, 0.717) is 34.9 Å². The van der Waals surface area contributed by atoms with E-state index in [9.17, 15) is 0 Å². The Morgan fingerprint density at radius 1 is 0.178 bits per heavy atom. The van der Waals surface area contributed by atoms with Gasteiger partial charge in [0.25, 0.3) is 0 Å². The smallest absolute Gasteiger partial charge is 0.179 e. The number of aromatic nitrogens is 6. The second kappa shape index (κ2) is 20.0. The van der Waals surface area contributed by atoms with Crippen LogP contribution in [0.15, 0.2) is 279 Å². The predicted octanol–water partition coefficient (Wildman–Crippen LogP) is 12.8. The van der Waals surface area contributed by atoms with Gasteiger partial charge >= 0.3 is 0 Å². The van der Waals surface area contributed by atoms with Crippen molar-refractivity contribution in [3.63, 3.8) is 0 Å². The minimum Gasteiger partial charge on any atom is -0.208 e. The summed E-state index contributed by atoms with van der Waals surface area (Å²) in [5, 5.41) is 5.02. The van der Waals surface area contributed by atoms with Crippen molar-refractivity contribution in [2.45, 2.75) is 0 Å². The molecule has 0 aliphatic rings. The van der Waals surface area contributed by atoms with Gasteiger partial charge in [0.1, 0.15) is 0 Å². The minimum absolute atomic E-state index is 0.611. The molecule has 0 bridgehead atoms. The zero-order valence-corrected chi connectivity index (χ0v) is 40.7. The van der Waals surface area contributed by atoms with Crippen LogP contribution in [0.5, 0.6) is 0 Å². The van der Waals surface area contributed by atoms with Crippen molar-refractivity contribution >= 4 is 28.8 Å². The molecule has 2 aromatic heterocycles. The maximum atomic E-state index is 5.18. The van der Waals surface area contributed by atoms with Crippen molar-refractivity contribution in [3.8, 4) is 90.6 Å². The van der Waals surface area contributed by atoms with Crippen molar-refractivity contribution in [1.29, 1.82) is 0 Å². The molecule has 0 N–H and O–H groups in total. The van der Waals surface area contributed by atoms with E-state index >= 15 is 0 Å². The van der Waals surface area contributed by atoms with Gasteiger partial charge in [-0.05, 0) is 43.0 Å². The zero-order chi connectivity index (χ0) is 48.8. The van der Waals surface area contributed by atoms with Crippen LogP contribution in [0.25, 0.3) is 90.6 Å². The monoisotopic (exact) mass is 950 g/mol. The first kappa shape index (κ1) is 44.6. The van der Waals surface area contributed by atoms with E-state index in [1.165, 1.54) is 20.7 Å². The summed E-state index contributed by atoms with van der Waals surface area (Å²) in [7, 11) is -3.12. The van der Waals surface area contributed by atoms with Crippen LogP contribution in [0.3, 0.4) is 0 Å². The second-order valence-electron chi connectivity index (χ2n) is 17.8. The van der Waals surface area contributed by atoms with Gasteiger partial charge in [-0.15, -0.1) is 0 Å². The Hall–Kier alpha value is -9.56. The fourth-order valence-electron chi connectivity index (χ4n) is 9.93. The SMILES string of the molecule is c1ccc(-c2nc(-c3ccccc3)nc(-c3ccccc3-c3cccc([Si](c4ccccc4)(c4ccccc4)c4cccc(-c5ccccc5-c5nc(-c6ccccc6)nc(-c6ccccc6)n5)c4)c3)n2)cc1. The number of rotatable bonds is 12. The molecule has 0 amide bonds.